The number of methoxy groups -OCH3 is 3. The summed E-state index contributed by atoms with van der Waals surface area (Å²) in [7, 11) is 4.61. The van der Waals surface area contributed by atoms with Crippen LogP contribution in [0.5, 0.6) is 17.2 Å². The van der Waals surface area contributed by atoms with E-state index in [2.05, 4.69) is 10.3 Å². The molecule has 0 bridgehead atoms. The third kappa shape index (κ3) is 4.36. The van der Waals surface area contributed by atoms with Crippen LogP contribution in [0.25, 0.3) is 5.57 Å². The van der Waals surface area contributed by atoms with Gasteiger partial charge in [0.25, 0.3) is 11.8 Å². The summed E-state index contributed by atoms with van der Waals surface area (Å²) in [4.78, 5) is 32.3. The van der Waals surface area contributed by atoms with Crippen molar-refractivity contribution in [3.05, 3.63) is 83.8 Å². The van der Waals surface area contributed by atoms with E-state index < -0.39 is 11.8 Å². The zero-order valence-corrected chi connectivity index (χ0v) is 18.5. The highest BCUT2D eigenvalue weighted by molar-refractivity contribution is 6.36. The molecule has 0 fully saturated rings. The van der Waals surface area contributed by atoms with Crippen LogP contribution in [0.3, 0.4) is 0 Å². The van der Waals surface area contributed by atoms with Gasteiger partial charge in [0.05, 0.1) is 39.1 Å². The van der Waals surface area contributed by atoms with Crippen molar-refractivity contribution in [2.45, 2.75) is 6.54 Å². The van der Waals surface area contributed by atoms with Gasteiger partial charge in [0.15, 0.2) is 11.5 Å². The van der Waals surface area contributed by atoms with Crippen molar-refractivity contribution < 1.29 is 23.8 Å². The van der Waals surface area contributed by atoms with E-state index in [1.54, 1.807) is 67.9 Å². The molecule has 0 radical (unpaired) electrons. The van der Waals surface area contributed by atoms with E-state index in [1.165, 1.54) is 19.1 Å². The van der Waals surface area contributed by atoms with Crippen molar-refractivity contribution in [1.29, 1.82) is 0 Å². The largest absolute Gasteiger partial charge is 0.497 e. The molecule has 3 aromatic rings. The number of hydrogen-bond acceptors (Lipinski definition) is 7. The number of nitrogens with one attached hydrogen (secondary N) is 1. The summed E-state index contributed by atoms with van der Waals surface area (Å²) in [6.07, 6.45) is 1.62. The number of carbonyl (C=O) groups excluding carboxylic acids is 2. The minimum Gasteiger partial charge on any atom is -0.497 e. The van der Waals surface area contributed by atoms with Gasteiger partial charge in [-0.15, -0.1) is 0 Å². The molecule has 8 nitrogen and oxygen atoms in total. The smallest absolute Gasteiger partial charge is 0.278 e. The number of nitrogens with zero attached hydrogens (tertiary/aromatic N) is 2. The second-order valence-corrected chi connectivity index (χ2v) is 7.19. The Labute approximate surface area is 191 Å². The second-order valence-electron chi connectivity index (χ2n) is 7.19. The van der Waals surface area contributed by atoms with Gasteiger partial charge in [0.1, 0.15) is 11.4 Å². The molecule has 0 unspecified atom stereocenters. The predicted octanol–water partition coefficient (Wildman–Crippen LogP) is 3.50. The molecule has 2 aromatic carbocycles. The normalized spacial score (nSPS) is 13.4. The van der Waals surface area contributed by atoms with Crippen molar-refractivity contribution in [2.75, 3.05) is 26.6 Å². The number of amides is 2. The van der Waals surface area contributed by atoms with Gasteiger partial charge >= 0.3 is 0 Å². The van der Waals surface area contributed by atoms with Crippen molar-refractivity contribution >= 4 is 23.1 Å². The molecule has 1 aliphatic heterocycles. The first-order chi connectivity index (χ1) is 16.0. The van der Waals surface area contributed by atoms with Crippen LogP contribution in [0.15, 0.2) is 72.6 Å². The highest BCUT2D eigenvalue weighted by atomic mass is 16.5. The van der Waals surface area contributed by atoms with E-state index in [9.17, 15) is 9.59 Å². The Bertz CT molecular complexity index is 1220. The molecule has 4 rings (SSSR count). The van der Waals surface area contributed by atoms with Crippen molar-refractivity contribution in [1.82, 2.24) is 9.88 Å². The highest BCUT2D eigenvalue weighted by Crippen LogP contribution is 2.36. The zero-order chi connectivity index (χ0) is 23.4. The summed E-state index contributed by atoms with van der Waals surface area (Å²) in [6, 6.07) is 17.6. The molecule has 0 aliphatic carbocycles. The first-order valence-electron chi connectivity index (χ1n) is 10.2. The van der Waals surface area contributed by atoms with Crippen LogP contribution >= 0.6 is 0 Å². The third-order valence-corrected chi connectivity index (χ3v) is 5.23. The predicted molar refractivity (Wildman–Crippen MR) is 123 cm³/mol. The van der Waals surface area contributed by atoms with Crippen LogP contribution in [0, 0.1) is 0 Å². The topological polar surface area (TPSA) is 90.0 Å². The van der Waals surface area contributed by atoms with Gasteiger partial charge in [-0.25, -0.2) is 0 Å². The molecule has 0 atom stereocenters. The lowest BCUT2D eigenvalue weighted by molar-refractivity contribution is -0.137. The van der Waals surface area contributed by atoms with Crippen LogP contribution in [0.4, 0.5) is 5.69 Å². The molecule has 168 valence electrons. The Morgan fingerprint density at radius 1 is 0.848 bits per heavy atom. The van der Waals surface area contributed by atoms with E-state index in [4.69, 9.17) is 14.2 Å². The van der Waals surface area contributed by atoms with Gasteiger partial charge < -0.3 is 19.5 Å². The number of pyridine rings is 1. The number of ether oxygens (including phenoxy) is 3. The Balaban J connectivity index is 1.78. The van der Waals surface area contributed by atoms with Crippen LogP contribution in [-0.4, -0.2) is 43.0 Å². The van der Waals surface area contributed by atoms with E-state index in [0.717, 1.165) is 0 Å². The Kier molecular flexibility index (Phi) is 6.26. The lowest BCUT2D eigenvalue weighted by Gasteiger charge is -2.15. The molecule has 8 heteroatoms. The second kappa shape index (κ2) is 9.44. The lowest BCUT2D eigenvalue weighted by Crippen LogP contribution is -2.32. The average molecular weight is 445 g/mol. The van der Waals surface area contributed by atoms with Crippen molar-refractivity contribution in [2.24, 2.45) is 0 Å². The van der Waals surface area contributed by atoms with Gasteiger partial charge in [-0.3, -0.25) is 19.5 Å². The highest BCUT2D eigenvalue weighted by Gasteiger charge is 2.39. The summed E-state index contributed by atoms with van der Waals surface area (Å²) in [5.41, 5.74) is 2.15. The maximum Gasteiger partial charge on any atom is 0.278 e. The van der Waals surface area contributed by atoms with Gasteiger partial charge in [-0.05, 0) is 42.0 Å². The molecular weight excluding hydrogens is 422 g/mol. The monoisotopic (exact) mass is 445 g/mol. The quantitative estimate of drug-likeness (QED) is 0.531. The van der Waals surface area contributed by atoms with Gasteiger partial charge in [0, 0.05) is 18.0 Å². The summed E-state index contributed by atoms with van der Waals surface area (Å²) >= 11 is 0. The summed E-state index contributed by atoms with van der Waals surface area (Å²) in [5, 5.41) is 3.12. The summed E-state index contributed by atoms with van der Waals surface area (Å²) in [6.45, 7) is 0.0542. The fraction of sp³-hybridized carbons (Fsp3) is 0.160. The maximum absolute atomic E-state index is 13.5. The van der Waals surface area contributed by atoms with E-state index in [1.807, 2.05) is 6.07 Å². The molecule has 2 amide bonds. The van der Waals surface area contributed by atoms with Crippen LogP contribution in [0.2, 0.25) is 0 Å². The lowest BCUT2D eigenvalue weighted by atomic mass is 10.0. The molecule has 1 N–H and O–H groups in total. The summed E-state index contributed by atoms with van der Waals surface area (Å²) < 4.78 is 16.0. The summed E-state index contributed by atoms with van der Waals surface area (Å²) in [5.74, 6) is 0.717. The molecule has 0 saturated heterocycles. The number of rotatable bonds is 8. The molecular formula is C25H23N3O5. The number of anilines is 1. The van der Waals surface area contributed by atoms with Crippen LogP contribution < -0.4 is 19.5 Å². The Morgan fingerprint density at radius 2 is 1.67 bits per heavy atom. The first kappa shape index (κ1) is 21.9. The van der Waals surface area contributed by atoms with Crippen molar-refractivity contribution in [3.8, 4) is 17.2 Å². The average Bonchev–Trinajstić information content (AvgIpc) is 3.08. The zero-order valence-electron chi connectivity index (χ0n) is 18.5. The molecule has 2 heterocycles. The fourth-order valence-electron chi connectivity index (χ4n) is 3.59. The standard InChI is InChI=1S/C25H23N3O5/c1-31-19-9-6-8-17(14-19)27-23-22(16-10-11-20(32-2)21(13-16)33-3)24(29)28(25(23)30)15-18-7-4-5-12-26-18/h4-14,27H,15H2,1-3H3. The molecule has 0 spiro atoms. The van der Waals surface area contributed by atoms with Crippen LogP contribution in [-0.2, 0) is 16.1 Å². The van der Waals surface area contributed by atoms with Crippen molar-refractivity contribution in [3.63, 3.8) is 0 Å². The van der Waals surface area contributed by atoms with E-state index in [0.29, 0.717) is 34.2 Å². The maximum atomic E-state index is 13.5. The molecule has 0 saturated carbocycles. The Hall–Kier alpha value is -4.33. The first-order valence-corrected chi connectivity index (χ1v) is 10.2. The number of carbonyl (C=O) groups is 2. The Morgan fingerprint density at radius 3 is 2.36 bits per heavy atom. The fourth-order valence-corrected chi connectivity index (χ4v) is 3.59. The number of hydrogen-bond donors (Lipinski definition) is 1. The van der Waals surface area contributed by atoms with Crippen LogP contribution in [0.1, 0.15) is 11.3 Å². The number of imide groups is 1. The van der Waals surface area contributed by atoms with E-state index >= 15 is 0 Å². The minimum atomic E-state index is -0.446. The molecule has 1 aliphatic rings. The SMILES string of the molecule is COc1cccc(NC2=C(c3ccc(OC)c(OC)c3)C(=O)N(Cc3ccccn3)C2=O)c1. The van der Waals surface area contributed by atoms with Gasteiger partial charge in [-0.1, -0.05) is 18.2 Å². The number of benzene rings is 2. The van der Waals surface area contributed by atoms with Gasteiger partial charge in [0.2, 0.25) is 0 Å². The van der Waals surface area contributed by atoms with Gasteiger partial charge in [-0.2, -0.15) is 0 Å². The minimum absolute atomic E-state index is 0.0542. The number of aromatic nitrogens is 1. The molecule has 1 aromatic heterocycles. The third-order valence-electron chi connectivity index (χ3n) is 5.23. The molecule has 33 heavy (non-hydrogen) atoms. The van der Waals surface area contributed by atoms with E-state index in [-0.39, 0.29) is 17.8 Å².